The fourth-order valence-electron chi connectivity index (χ4n) is 2.43. The number of carbonyl (C=O) groups is 1. The quantitative estimate of drug-likeness (QED) is 0.638. The number of aromatic nitrogens is 2. The van der Waals surface area contributed by atoms with Gasteiger partial charge in [-0.2, -0.15) is 5.10 Å². The fourth-order valence-corrected chi connectivity index (χ4v) is 2.43. The Morgan fingerprint density at radius 3 is 2.52 bits per heavy atom. The first-order chi connectivity index (χ1) is 10.7. The minimum Gasteiger partial charge on any atom is -0.461 e. The summed E-state index contributed by atoms with van der Waals surface area (Å²) in [4.78, 5) is 11.8. The molecule has 0 spiro atoms. The van der Waals surface area contributed by atoms with Crippen LogP contribution < -0.4 is 5.46 Å². The summed E-state index contributed by atoms with van der Waals surface area (Å²) in [6.07, 6.45) is 1.82. The standard InChI is InChI=1S/C16H21BN2O4/c1-6-21-14(20)13-9-12-8-7-11(10-19(12)18-13)17-22-15(2,3)16(4,5)23-17/h7-10H,6H2,1-5H3. The Morgan fingerprint density at radius 2 is 1.91 bits per heavy atom. The van der Waals surface area contributed by atoms with E-state index in [0.29, 0.717) is 6.61 Å². The molecule has 0 aromatic carbocycles. The monoisotopic (exact) mass is 316 g/mol. The molecule has 1 saturated heterocycles. The van der Waals surface area contributed by atoms with E-state index in [1.165, 1.54) is 0 Å². The van der Waals surface area contributed by atoms with Crippen molar-refractivity contribution in [3.05, 3.63) is 30.1 Å². The first-order valence-electron chi connectivity index (χ1n) is 7.75. The van der Waals surface area contributed by atoms with Crippen LogP contribution in [-0.2, 0) is 14.0 Å². The molecule has 0 saturated carbocycles. The van der Waals surface area contributed by atoms with E-state index in [1.807, 2.05) is 46.0 Å². The van der Waals surface area contributed by atoms with Gasteiger partial charge in [-0.05, 0) is 46.8 Å². The predicted molar refractivity (Wildman–Crippen MR) is 86.9 cm³/mol. The second-order valence-corrected chi connectivity index (χ2v) is 6.67. The molecule has 3 heterocycles. The average Bonchev–Trinajstić information content (AvgIpc) is 2.97. The Hall–Kier alpha value is -1.86. The minimum atomic E-state index is -0.459. The first kappa shape index (κ1) is 16.0. The van der Waals surface area contributed by atoms with E-state index in [1.54, 1.807) is 17.5 Å². The van der Waals surface area contributed by atoms with E-state index in [-0.39, 0.29) is 5.69 Å². The largest absolute Gasteiger partial charge is 0.496 e. The third-order valence-corrected chi connectivity index (χ3v) is 4.49. The first-order valence-corrected chi connectivity index (χ1v) is 7.75. The molecule has 122 valence electrons. The van der Waals surface area contributed by atoms with E-state index in [9.17, 15) is 4.79 Å². The molecule has 0 amide bonds. The molecule has 0 atom stereocenters. The topological polar surface area (TPSA) is 62.1 Å². The molecule has 1 aliphatic rings. The van der Waals surface area contributed by atoms with Crippen molar-refractivity contribution in [3.63, 3.8) is 0 Å². The van der Waals surface area contributed by atoms with Crippen LogP contribution in [0.2, 0.25) is 0 Å². The van der Waals surface area contributed by atoms with E-state index in [0.717, 1.165) is 11.0 Å². The summed E-state index contributed by atoms with van der Waals surface area (Å²) in [6, 6.07) is 5.51. The van der Waals surface area contributed by atoms with Crippen LogP contribution in [0.3, 0.4) is 0 Å². The normalized spacial score (nSPS) is 19.3. The lowest BCUT2D eigenvalue weighted by Gasteiger charge is -2.32. The van der Waals surface area contributed by atoms with Crippen molar-refractivity contribution < 1.29 is 18.8 Å². The van der Waals surface area contributed by atoms with Crippen molar-refractivity contribution in [2.75, 3.05) is 6.61 Å². The summed E-state index contributed by atoms with van der Waals surface area (Å²) in [5.74, 6) is -0.423. The molecular weight excluding hydrogens is 295 g/mol. The molecule has 0 aliphatic carbocycles. The number of ether oxygens (including phenoxy) is 1. The van der Waals surface area contributed by atoms with Crippen molar-refractivity contribution >= 4 is 24.1 Å². The van der Waals surface area contributed by atoms with Gasteiger partial charge in [0.05, 0.1) is 23.3 Å². The number of carbonyl (C=O) groups excluding carboxylic acids is 1. The highest BCUT2D eigenvalue weighted by Crippen LogP contribution is 2.36. The summed E-state index contributed by atoms with van der Waals surface area (Å²) < 4.78 is 18.7. The lowest BCUT2D eigenvalue weighted by Crippen LogP contribution is -2.41. The molecule has 1 fully saturated rings. The highest BCUT2D eigenvalue weighted by Gasteiger charge is 2.51. The Morgan fingerprint density at radius 1 is 1.26 bits per heavy atom. The summed E-state index contributed by atoms with van der Waals surface area (Å²) >= 11 is 0. The van der Waals surface area contributed by atoms with Crippen molar-refractivity contribution in [2.45, 2.75) is 45.8 Å². The second-order valence-electron chi connectivity index (χ2n) is 6.67. The molecule has 2 aromatic rings. The van der Waals surface area contributed by atoms with Crippen LogP contribution in [-0.4, -0.2) is 40.5 Å². The van der Waals surface area contributed by atoms with E-state index >= 15 is 0 Å². The Kier molecular flexibility index (Phi) is 3.73. The van der Waals surface area contributed by atoms with Crippen LogP contribution in [0.1, 0.15) is 45.1 Å². The zero-order valence-corrected chi connectivity index (χ0v) is 14.1. The van der Waals surface area contributed by atoms with E-state index < -0.39 is 24.3 Å². The zero-order chi connectivity index (χ0) is 16.8. The molecule has 23 heavy (non-hydrogen) atoms. The Balaban J connectivity index is 1.91. The minimum absolute atomic E-state index is 0.290. The molecule has 0 radical (unpaired) electrons. The number of nitrogens with zero attached hydrogens (tertiary/aromatic N) is 2. The third kappa shape index (κ3) is 2.75. The van der Waals surface area contributed by atoms with Gasteiger partial charge in [-0.1, -0.05) is 6.07 Å². The van der Waals surface area contributed by atoms with Gasteiger partial charge in [0.25, 0.3) is 0 Å². The van der Waals surface area contributed by atoms with Gasteiger partial charge in [-0.3, -0.25) is 0 Å². The van der Waals surface area contributed by atoms with E-state index in [2.05, 4.69) is 5.10 Å². The average molecular weight is 316 g/mol. The van der Waals surface area contributed by atoms with Gasteiger partial charge in [0.1, 0.15) is 0 Å². The summed E-state index contributed by atoms with van der Waals surface area (Å²) in [5, 5.41) is 4.27. The smallest absolute Gasteiger partial charge is 0.461 e. The lowest BCUT2D eigenvalue weighted by atomic mass is 9.80. The van der Waals surface area contributed by atoms with Gasteiger partial charge >= 0.3 is 13.1 Å². The zero-order valence-electron chi connectivity index (χ0n) is 14.1. The van der Waals surface area contributed by atoms with Gasteiger partial charge in [-0.15, -0.1) is 0 Å². The molecule has 1 aliphatic heterocycles. The number of rotatable bonds is 3. The maximum atomic E-state index is 11.8. The van der Waals surface area contributed by atoms with E-state index in [4.69, 9.17) is 14.0 Å². The molecule has 3 rings (SSSR count). The van der Waals surface area contributed by atoms with Gasteiger partial charge in [0.2, 0.25) is 0 Å². The maximum absolute atomic E-state index is 11.8. The van der Waals surface area contributed by atoms with Gasteiger partial charge in [0, 0.05) is 11.7 Å². The molecule has 0 unspecified atom stereocenters. The van der Waals surface area contributed by atoms with Gasteiger partial charge in [-0.25, -0.2) is 9.31 Å². The Labute approximate surface area is 135 Å². The van der Waals surface area contributed by atoms with Crippen LogP contribution in [0.4, 0.5) is 0 Å². The van der Waals surface area contributed by atoms with Gasteiger partial charge in [0.15, 0.2) is 5.69 Å². The molecule has 7 heteroatoms. The molecule has 0 N–H and O–H groups in total. The predicted octanol–water partition coefficient (Wildman–Crippen LogP) is 1.81. The van der Waals surface area contributed by atoms with Crippen LogP contribution in [0, 0.1) is 0 Å². The number of pyridine rings is 1. The maximum Gasteiger partial charge on any atom is 0.496 e. The second kappa shape index (κ2) is 5.35. The fraction of sp³-hybridized carbons (Fsp3) is 0.500. The van der Waals surface area contributed by atoms with Crippen LogP contribution in [0.5, 0.6) is 0 Å². The van der Waals surface area contributed by atoms with Crippen LogP contribution in [0.25, 0.3) is 5.52 Å². The molecule has 0 bridgehead atoms. The third-order valence-electron chi connectivity index (χ3n) is 4.49. The van der Waals surface area contributed by atoms with Gasteiger partial charge < -0.3 is 14.0 Å². The highest BCUT2D eigenvalue weighted by atomic mass is 16.7. The number of esters is 1. The molecule has 6 nitrogen and oxygen atoms in total. The van der Waals surface area contributed by atoms with Crippen LogP contribution in [0.15, 0.2) is 24.4 Å². The van der Waals surface area contributed by atoms with Crippen LogP contribution >= 0.6 is 0 Å². The summed E-state index contributed by atoms with van der Waals surface area (Å²) in [6.45, 7) is 10.1. The molecular formula is C16H21BN2O4. The van der Waals surface area contributed by atoms with Crippen molar-refractivity contribution in [1.29, 1.82) is 0 Å². The number of fused-ring (bicyclic) bond motifs is 1. The van der Waals surface area contributed by atoms with Crippen molar-refractivity contribution in [1.82, 2.24) is 9.61 Å². The lowest BCUT2D eigenvalue weighted by molar-refractivity contribution is 0.00578. The number of hydrogen-bond acceptors (Lipinski definition) is 5. The SMILES string of the molecule is CCOC(=O)c1cc2ccc(B3OC(C)(C)C(C)(C)O3)cn2n1. The summed E-state index contributed by atoms with van der Waals surface area (Å²) in [7, 11) is -0.459. The van der Waals surface area contributed by atoms with Crippen molar-refractivity contribution in [3.8, 4) is 0 Å². The molecule has 2 aromatic heterocycles. The number of hydrogen-bond donors (Lipinski definition) is 0. The summed E-state index contributed by atoms with van der Waals surface area (Å²) in [5.41, 5.74) is 1.17. The Bertz CT molecular complexity index is 738. The highest BCUT2D eigenvalue weighted by molar-refractivity contribution is 6.62. The van der Waals surface area contributed by atoms with Crippen molar-refractivity contribution in [2.24, 2.45) is 0 Å².